The van der Waals surface area contributed by atoms with E-state index >= 15 is 0 Å². The molecule has 0 aliphatic rings. The minimum absolute atomic E-state index is 0.0435. The number of rotatable bonds is 6. The highest BCUT2D eigenvalue weighted by Crippen LogP contribution is 2.16. The first kappa shape index (κ1) is 13.9. The Hall–Kier alpha value is -1.15. The highest BCUT2D eigenvalue weighted by Gasteiger charge is 2.15. The summed E-state index contributed by atoms with van der Waals surface area (Å²) in [6, 6.07) is 5.96. The Morgan fingerprint density at radius 2 is 2.18 bits per heavy atom. The predicted molar refractivity (Wildman–Crippen MR) is 61.3 cm³/mol. The Kier molecular flexibility index (Phi) is 4.88. The van der Waals surface area contributed by atoms with Gasteiger partial charge in [-0.3, -0.25) is 0 Å². The van der Waals surface area contributed by atoms with Crippen molar-refractivity contribution < 1.29 is 23.4 Å². The SMILES string of the molecule is COc1cccc(S(=O)(=O)NCC(O)CO)c1. The number of aliphatic hydroxyl groups excluding tert-OH is 2. The van der Waals surface area contributed by atoms with Crippen molar-refractivity contribution in [2.75, 3.05) is 20.3 Å². The summed E-state index contributed by atoms with van der Waals surface area (Å²) in [4.78, 5) is 0.0435. The van der Waals surface area contributed by atoms with E-state index in [1.807, 2.05) is 0 Å². The van der Waals surface area contributed by atoms with Gasteiger partial charge in [-0.2, -0.15) is 0 Å². The van der Waals surface area contributed by atoms with Crippen molar-refractivity contribution in [3.8, 4) is 5.75 Å². The monoisotopic (exact) mass is 261 g/mol. The Bertz CT molecular complexity index is 460. The third-order valence-corrected chi connectivity index (χ3v) is 3.49. The van der Waals surface area contributed by atoms with Crippen molar-refractivity contribution in [2.45, 2.75) is 11.0 Å². The number of ether oxygens (including phenoxy) is 1. The Morgan fingerprint density at radius 3 is 2.76 bits per heavy atom. The van der Waals surface area contributed by atoms with Crippen molar-refractivity contribution in [1.29, 1.82) is 0 Å². The van der Waals surface area contributed by atoms with E-state index in [1.54, 1.807) is 12.1 Å². The summed E-state index contributed by atoms with van der Waals surface area (Å²) in [5.74, 6) is 0.426. The Morgan fingerprint density at radius 1 is 1.47 bits per heavy atom. The van der Waals surface area contributed by atoms with Crippen molar-refractivity contribution in [2.24, 2.45) is 0 Å². The summed E-state index contributed by atoms with van der Waals surface area (Å²) in [5.41, 5.74) is 0. The van der Waals surface area contributed by atoms with Crippen LogP contribution in [0, 0.1) is 0 Å². The zero-order chi connectivity index (χ0) is 12.9. The molecule has 17 heavy (non-hydrogen) atoms. The van der Waals surface area contributed by atoms with E-state index in [1.165, 1.54) is 19.2 Å². The molecule has 0 aromatic heterocycles. The number of benzene rings is 1. The van der Waals surface area contributed by atoms with Gasteiger partial charge in [0, 0.05) is 12.6 Å². The van der Waals surface area contributed by atoms with Gasteiger partial charge in [-0.15, -0.1) is 0 Å². The summed E-state index contributed by atoms with van der Waals surface area (Å²) in [5, 5.41) is 17.6. The van der Waals surface area contributed by atoms with E-state index in [9.17, 15) is 8.42 Å². The Balaban J connectivity index is 2.82. The molecule has 0 saturated carbocycles. The van der Waals surface area contributed by atoms with Crippen molar-refractivity contribution in [1.82, 2.24) is 4.72 Å². The average Bonchev–Trinajstić information content (AvgIpc) is 2.36. The summed E-state index contributed by atoms with van der Waals surface area (Å²) >= 11 is 0. The van der Waals surface area contributed by atoms with Gasteiger partial charge in [0.2, 0.25) is 10.0 Å². The molecule has 3 N–H and O–H groups in total. The zero-order valence-corrected chi connectivity index (χ0v) is 10.1. The van der Waals surface area contributed by atoms with Gasteiger partial charge in [0.25, 0.3) is 0 Å². The molecule has 96 valence electrons. The molecule has 1 unspecified atom stereocenters. The predicted octanol–water partition coefficient (Wildman–Crippen LogP) is -0.673. The quantitative estimate of drug-likeness (QED) is 0.631. The first-order valence-corrected chi connectivity index (χ1v) is 6.40. The molecule has 0 radical (unpaired) electrons. The van der Waals surface area contributed by atoms with Crippen LogP contribution in [0.5, 0.6) is 5.75 Å². The maximum atomic E-state index is 11.8. The maximum absolute atomic E-state index is 11.8. The fourth-order valence-electron chi connectivity index (χ4n) is 1.12. The lowest BCUT2D eigenvalue weighted by Crippen LogP contribution is -2.33. The summed E-state index contributed by atoms with van der Waals surface area (Å²) in [6.45, 7) is -0.739. The third-order valence-electron chi connectivity index (χ3n) is 2.07. The molecule has 0 bridgehead atoms. The summed E-state index contributed by atoms with van der Waals surface area (Å²) < 4.78 is 30.6. The van der Waals surface area contributed by atoms with Gasteiger partial charge in [-0.05, 0) is 12.1 Å². The molecule has 1 aromatic rings. The molecule has 1 rings (SSSR count). The fraction of sp³-hybridized carbons (Fsp3) is 0.400. The fourth-order valence-corrected chi connectivity index (χ4v) is 2.23. The summed E-state index contributed by atoms with van der Waals surface area (Å²) in [6.07, 6.45) is -1.12. The molecule has 0 aliphatic carbocycles. The summed E-state index contributed by atoms with van der Waals surface area (Å²) in [7, 11) is -2.26. The second-order valence-corrected chi connectivity index (χ2v) is 5.13. The van der Waals surface area contributed by atoms with Crippen LogP contribution in [0.2, 0.25) is 0 Å². The lowest BCUT2D eigenvalue weighted by atomic mass is 10.3. The zero-order valence-electron chi connectivity index (χ0n) is 9.33. The average molecular weight is 261 g/mol. The van der Waals surface area contributed by atoms with Crippen LogP contribution in [-0.4, -0.2) is 45.0 Å². The number of hydrogen-bond acceptors (Lipinski definition) is 5. The minimum Gasteiger partial charge on any atom is -0.497 e. The van der Waals surface area contributed by atoms with Crippen LogP contribution < -0.4 is 9.46 Å². The second-order valence-electron chi connectivity index (χ2n) is 3.37. The highest BCUT2D eigenvalue weighted by atomic mass is 32.2. The first-order valence-electron chi connectivity index (χ1n) is 4.92. The van der Waals surface area contributed by atoms with Gasteiger partial charge in [0.1, 0.15) is 5.75 Å². The van der Waals surface area contributed by atoms with Crippen molar-refractivity contribution >= 4 is 10.0 Å². The van der Waals surface area contributed by atoms with E-state index in [-0.39, 0.29) is 11.4 Å². The smallest absolute Gasteiger partial charge is 0.240 e. The van der Waals surface area contributed by atoms with E-state index in [4.69, 9.17) is 14.9 Å². The van der Waals surface area contributed by atoms with Crippen LogP contribution >= 0.6 is 0 Å². The topological polar surface area (TPSA) is 95.9 Å². The lowest BCUT2D eigenvalue weighted by Gasteiger charge is -2.10. The van der Waals surface area contributed by atoms with Crippen LogP contribution in [0.4, 0.5) is 0 Å². The standard InChI is InChI=1S/C10H15NO5S/c1-16-9-3-2-4-10(5-9)17(14,15)11-6-8(13)7-12/h2-5,8,11-13H,6-7H2,1H3. The normalized spacial score (nSPS) is 13.4. The van der Waals surface area contributed by atoms with Crippen LogP contribution in [-0.2, 0) is 10.0 Å². The van der Waals surface area contributed by atoms with Gasteiger partial charge in [-0.1, -0.05) is 6.07 Å². The van der Waals surface area contributed by atoms with E-state index in [0.29, 0.717) is 5.75 Å². The highest BCUT2D eigenvalue weighted by molar-refractivity contribution is 7.89. The largest absolute Gasteiger partial charge is 0.497 e. The Labute approximate surface area is 99.9 Å². The second kappa shape index (κ2) is 5.97. The molecule has 0 fully saturated rings. The molecule has 0 aliphatic heterocycles. The molecule has 1 atom stereocenters. The first-order chi connectivity index (χ1) is 7.99. The number of sulfonamides is 1. The molecule has 7 heteroatoms. The van der Waals surface area contributed by atoms with Gasteiger partial charge >= 0.3 is 0 Å². The van der Waals surface area contributed by atoms with Crippen LogP contribution in [0.15, 0.2) is 29.2 Å². The van der Waals surface area contributed by atoms with E-state index in [0.717, 1.165) is 0 Å². The van der Waals surface area contributed by atoms with Gasteiger partial charge in [0.05, 0.1) is 24.7 Å². The van der Waals surface area contributed by atoms with Gasteiger partial charge in [0.15, 0.2) is 0 Å². The van der Waals surface area contributed by atoms with Gasteiger partial charge < -0.3 is 14.9 Å². The number of aliphatic hydroxyl groups is 2. The molecule has 0 spiro atoms. The van der Waals surface area contributed by atoms with Crippen LogP contribution in [0.1, 0.15) is 0 Å². The number of methoxy groups -OCH3 is 1. The van der Waals surface area contributed by atoms with Crippen LogP contribution in [0.3, 0.4) is 0 Å². The van der Waals surface area contributed by atoms with Gasteiger partial charge in [-0.25, -0.2) is 13.1 Å². The molecule has 0 heterocycles. The van der Waals surface area contributed by atoms with Crippen molar-refractivity contribution in [3.05, 3.63) is 24.3 Å². The van der Waals surface area contributed by atoms with Crippen molar-refractivity contribution in [3.63, 3.8) is 0 Å². The molecule has 1 aromatic carbocycles. The minimum atomic E-state index is -3.70. The molecular formula is C10H15NO5S. The molecule has 6 nitrogen and oxygen atoms in total. The molecule has 0 saturated heterocycles. The third kappa shape index (κ3) is 3.97. The lowest BCUT2D eigenvalue weighted by molar-refractivity contribution is 0.0988. The van der Waals surface area contributed by atoms with E-state index < -0.39 is 22.7 Å². The molecular weight excluding hydrogens is 246 g/mol. The molecule has 0 amide bonds. The number of nitrogens with one attached hydrogen (secondary N) is 1. The van der Waals surface area contributed by atoms with Crippen LogP contribution in [0.25, 0.3) is 0 Å². The van der Waals surface area contributed by atoms with E-state index in [2.05, 4.69) is 4.72 Å². The maximum Gasteiger partial charge on any atom is 0.240 e. The number of hydrogen-bond donors (Lipinski definition) is 3.